The van der Waals surface area contributed by atoms with E-state index in [4.69, 9.17) is 0 Å². The zero-order chi connectivity index (χ0) is 16.4. The third-order valence-corrected chi connectivity index (χ3v) is 3.29. The van der Waals surface area contributed by atoms with Crippen molar-refractivity contribution in [2.75, 3.05) is 6.54 Å². The second kappa shape index (κ2) is 10.6. The number of carbonyl (C=O) groups excluding carboxylic acids is 2. The lowest BCUT2D eigenvalue weighted by atomic mass is 10.0. The summed E-state index contributed by atoms with van der Waals surface area (Å²) >= 11 is 0. The summed E-state index contributed by atoms with van der Waals surface area (Å²) in [7, 11) is 0. The molecule has 124 valence electrons. The van der Waals surface area contributed by atoms with Crippen LogP contribution in [0.1, 0.15) is 60.3 Å². The highest BCUT2D eigenvalue weighted by atomic mass is 16.3. The van der Waals surface area contributed by atoms with Crippen molar-refractivity contribution in [3.8, 4) is 0 Å². The molecule has 0 spiro atoms. The molecule has 0 aliphatic rings. The lowest BCUT2D eigenvalue weighted by Crippen LogP contribution is -2.45. The summed E-state index contributed by atoms with van der Waals surface area (Å²) in [5.74, 6) is 0.582. The van der Waals surface area contributed by atoms with E-state index in [0.717, 1.165) is 12.8 Å². The van der Waals surface area contributed by atoms with Crippen LogP contribution in [0.2, 0.25) is 0 Å². The minimum atomic E-state index is -0.636. The van der Waals surface area contributed by atoms with E-state index in [0.29, 0.717) is 24.8 Å². The topological polar surface area (TPSA) is 78.4 Å². The highest BCUT2D eigenvalue weighted by Crippen LogP contribution is 2.09. The van der Waals surface area contributed by atoms with Gasteiger partial charge in [0.1, 0.15) is 6.04 Å². The van der Waals surface area contributed by atoms with Gasteiger partial charge in [-0.2, -0.15) is 0 Å². The highest BCUT2D eigenvalue weighted by molar-refractivity contribution is 5.87. The van der Waals surface area contributed by atoms with Gasteiger partial charge in [0.25, 0.3) is 0 Å². The normalized spacial score (nSPS) is 14.1. The van der Waals surface area contributed by atoms with Crippen LogP contribution in [0, 0.1) is 11.8 Å². The monoisotopic (exact) mass is 300 g/mol. The first-order valence-electron chi connectivity index (χ1n) is 7.97. The Kier molecular flexibility index (Phi) is 10.0. The van der Waals surface area contributed by atoms with Crippen LogP contribution in [-0.4, -0.2) is 35.6 Å². The van der Waals surface area contributed by atoms with Crippen molar-refractivity contribution in [1.82, 2.24) is 10.6 Å². The molecule has 0 aromatic heterocycles. The summed E-state index contributed by atoms with van der Waals surface area (Å²) in [6.45, 7) is 10.6. The average molecular weight is 300 g/mol. The molecule has 0 rings (SSSR count). The molecule has 0 aliphatic heterocycles. The van der Waals surface area contributed by atoms with Crippen LogP contribution in [0.15, 0.2) is 0 Å². The summed E-state index contributed by atoms with van der Waals surface area (Å²) in [6, 6.07) is -0.568. The molecule has 0 fully saturated rings. The van der Waals surface area contributed by atoms with E-state index in [2.05, 4.69) is 38.3 Å². The van der Waals surface area contributed by atoms with Crippen LogP contribution in [0.4, 0.5) is 0 Å². The maximum Gasteiger partial charge on any atom is 0.242 e. The molecule has 0 heterocycles. The fourth-order valence-corrected chi connectivity index (χ4v) is 1.84. The first-order chi connectivity index (χ1) is 9.72. The Bertz CT molecular complexity index is 317. The zero-order valence-electron chi connectivity index (χ0n) is 14.1. The van der Waals surface area contributed by atoms with Gasteiger partial charge in [0.15, 0.2) is 0 Å². The second-order valence-electron chi connectivity index (χ2n) is 6.59. The smallest absolute Gasteiger partial charge is 0.242 e. The first-order valence-corrected chi connectivity index (χ1v) is 7.97. The number of hydrogen-bond acceptors (Lipinski definition) is 3. The van der Waals surface area contributed by atoms with Gasteiger partial charge in [-0.05, 0) is 38.0 Å². The second-order valence-corrected chi connectivity index (χ2v) is 6.59. The Morgan fingerprint density at radius 3 is 2.05 bits per heavy atom. The molecule has 21 heavy (non-hydrogen) atoms. The van der Waals surface area contributed by atoms with Gasteiger partial charge < -0.3 is 15.7 Å². The Labute approximate surface area is 128 Å². The summed E-state index contributed by atoms with van der Waals surface area (Å²) in [4.78, 5) is 23.5. The van der Waals surface area contributed by atoms with Crippen molar-refractivity contribution in [2.45, 2.75) is 72.4 Å². The Hall–Kier alpha value is -1.10. The van der Waals surface area contributed by atoms with Crippen molar-refractivity contribution in [3.05, 3.63) is 0 Å². The van der Waals surface area contributed by atoms with Gasteiger partial charge in [-0.3, -0.25) is 9.59 Å². The SMILES string of the molecule is CC(C)CCNC(=O)C(C)NC(=O)CC(O)CCC(C)C. The first kappa shape index (κ1) is 19.9. The molecule has 2 amide bonds. The van der Waals surface area contributed by atoms with Gasteiger partial charge in [0, 0.05) is 6.54 Å². The zero-order valence-corrected chi connectivity index (χ0v) is 14.1. The van der Waals surface area contributed by atoms with E-state index in [1.807, 2.05) is 0 Å². The lowest BCUT2D eigenvalue weighted by Gasteiger charge is -2.16. The number of aliphatic hydroxyl groups excluding tert-OH is 1. The van der Waals surface area contributed by atoms with E-state index in [-0.39, 0.29) is 18.2 Å². The van der Waals surface area contributed by atoms with Crippen molar-refractivity contribution in [1.29, 1.82) is 0 Å². The van der Waals surface area contributed by atoms with E-state index in [1.165, 1.54) is 0 Å². The van der Waals surface area contributed by atoms with E-state index < -0.39 is 12.1 Å². The molecule has 0 aromatic rings. The maximum absolute atomic E-state index is 11.8. The van der Waals surface area contributed by atoms with Crippen LogP contribution in [0.5, 0.6) is 0 Å². The Morgan fingerprint density at radius 2 is 1.52 bits per heavy atom. The predicted molar refractivity (Wildman–Crippen MR) is 84.8 cm³/mol. The minimum absolute atomic E-state index is 0.0519. The molecule has 0 radical (unpaired) electrons. The Morgan fingerprint density at radius 1 is 0.952 bits per heavy atom. The summed E-state index contributed by atoms with van der Waals surface area (Å²) in [6.07, 6.45) is 1.83. The number of carbonyl (C=O) groups is 2. The molecule has 2 unspecified atom stereocenters. The molecule has 0 bridgehead atoms. The van der Waals surface area contributed by atoms with Crippen LogP contribution >= 0.6 is 0 Å². The van der Waals surface area contributed by atoms with Gasteiger partial charge in [0.2, 0.25) is 11.8 Å². The number of aliphatic hydroxyl groups is 1. The predicted octanol–water partition coefficient (Wildman–Crippen LogP) is 1.84. The van der Waals surface area contributed by atoms with Gasteiger partial charge in [-0.15, -0.1) is 0 Å². The molecular weight excluding hydrogens is 268 g/mol. The van der Waals surface area contributed by atoms with Gasteiger partial charge >= 0.3 is 0 Å². The van der Waals surface area contributed by atoms with Gasteiger partial charge in [-0.25, -0.2) is 0 Å². The molecule has 3 N–H and O–H groups in total. The van der Waals surface area contributed by atoms with Crippen molar-refractivity contribution in [3.63, 3.8) is 0 Å². The maximum atomic E-state index is 11.8. The Balaban J connectivity index is 3.94. The number of rotatable bonds is 10. The quantitative estimate of drug-likeness (QED) is 0.576. The molecule has 0 aromatic carbocycles. The minimum Gasteiger partial charge on any atom is -0.393 e. The number of amides is 2. The third-order valence-electron chi connectivity index (χ3n) is 3.29. The van der Waals surface area contributed by atoms with Crippen molar-refractivity contribution in [2.24, 2.45) is 11.8 Å². The fourth-order valence-electron chi connectivity index (χ4n) is 1.84. The van der Waals surface area contributed by atoms with Crippen molar-refractivity contribution >= 4 is 11.8 Å². The number of hydrogen-bond donors (Lipinski definition) is 3. The van der Waals surface area contributed by atoms with Crippen LogP contribution in [-0.2, 0) is 9.59 Å². The molecule has 0 saturated carbocycles. The largest absolute Gasteiger partial charge is 0.393 e. The lowest BCUT2D eigenvalue weighted by molar-refractivity contribution is -0.129. The van der Waals surface area contributed by atoms with E-state index >= 15 is 0 Å². The summed E-state index contributed by atoms with van der Waals surface area (Å²) < 4.78 is 0. The molecule has 0 aliphatic carbocycles. The fraction of sp³-hybridized carbons (Fsp3) is 0.875. The van der Waals surface area contributed by atoms with E-state index in [9.17, 15) is 14.7 Å². The molecule has 0 saturated heterocycles. The van der Waals surface area contributed by atoms with Gasteiger partial charge in [0.05, 0.1) is 12.5 Å². The standard InChI is InChI=1S/C16H32N2O3/c1-11(2)6-7-14(19)10-15(20)18-13(5)16(21)17-9-8-12(3)4/h11-14,19H,6-10H2,1-5H3,(H,17,21)(H,18,20). The highest BCUT2D eigenvalue weighted by Gasteiger charge is 2.17. The molecule has 2 atom stereocenters. The summed E-state index contributed by atoms with van der Waals surface area (Å²) in [5, 5.41) is 15.2. The van der Waals surface area contributed by atoms with E-state index in [1.54, 1.807) is 6.92 Å². The average Bonchev–Trinajstić information content (AvgIpc) is 2.35. The van der Waals surface area contributed by atoms with Crippen LogP contribution in [0.25, 0.3) is 0 Å². The molecule has 5 nitrogen and oxygen atoms in total. The van der Waals surface area contributed by atoms with Crippen LogP contribution < -0.4 is 10.6 Å². The molecule has 5 heteroatoms. The van der Waals surface area contributed by atoms with Gasteiger partial charge in [-0.1, -0.05) is 27.7 Å². The third kappa shape index (κ3) is 11.3. The summed E-state index contributed by atoms with van der Waals surface area (Å²) in [5.41, 5.74) is 0. The van der Waals surface area contributed by atoms with Crippen LogP contribution in [0.3, 0.4) is 0 Å². The van der Waals surface area contributed by atoms with Crippen molar-refractivity contribution < 1.29 is 14.7 Å². The molecular formula is C16H32N2O3. The number of nitrogens with one attached hydrogen (secondary N) is 2.